The van der Waals surface area contributed by atoms with E-state index in [0.717, 1.165) is 31.5 Å². The fourth-order valence-corrected chi connectivity index (χ4v) is 3.67. The minimum absolute atomic E-state index is 0.837. The highest BCUT2D eigenvalue weighted by atomic mass is 79.9. The van der Waals surface area contributed by atoms with Gasteiger partial charge < -0.3 is 5.32 Å². The summed E-state index contributed by atoms with van der Waals surface area (Å²) in [6, 6.07) is 6.80. The van der Waals surface area contributed by atoms with E-state index in [-0.39, 0.29) is 0 Å². The number of nitrogens with one attached hydrogen (secondary N) is 1. The van der Waals surface area contributed by atoms with Crippen molar-refractivity contribution in [1.29, 1.82) is 0 Å². The van der Waals surface area contributed by atoms with Gasteiger partial charge in [0.15, 0.2) is 0 Å². The van der Waals surface area contributed by atoms with E-state index in [9.17, 15) is 0 Å². The van der Waals surface area contributed by atoms with Crippen LogP contribution in [0.1, 0.15) is 44.7 Å². The Hall–Kier alpha value is -0.380. The summed E-state index contributed by atoms with van der Waals surface area (Å²) in [7, 11) is 0. The third kappa shape index (κ3) is 5.08. The first kappa shape index (κ1) is 17.0. The first-order valence-electron chi connectivity index (χ1n) is 8.30. The quantitative estimate of drug-likeness (QED) is 0.814. The third-order valence-corrected chi connectivity index (χ3v) is 5.40. The van der Waals surface area contributed by atoms with Gasteiger partial charge in [-0.25, -0.2) is 0 Å². The monoisotopic (exact) mass is 352 g/mol. The summed E-state index contributed by atoms with van der Waals surface area (Å²) in [5.41, 5.74) is 2.77. The van der Waals surface area contributed by atoms with Crippen molar-refractivity contribution in [3.63, 3.8) is 0 Å². The summed E-state index contributed by atoms with van der Waals surface area (Å²) in [6.45, 7) is 12.4. The first-order chi connectivity index (χ1) is 10.1. The van der Waals surface area contributed by atoms with Gasteiger partial charge in [-0.15, -0.1) is 0 Å². The number of likely N-dealkylation sites (tertiary alicyclic amines) is 1. The van der Waals surface area contributed by atoms with Crippen LogP contribution in [0.3, 0.4) is 0 Å². The van der Waals surface area contributed by atoms with Crippen molar-refractivity contribution in [2.75, 3.05) is 19.6 Å². The van der Waals surface area contributed by atoms with Crippen molar-refractivity contribution < 1.29 is 0 Å². The molecule has 3 heteroatoms. The van der Waals surface area contributed by atoms with E-state index in [4.69, 9.17) is 0 Å². The highest BCUT2D eigenvalue weighted by molar-refractivity contribution is 9.10. The van der Waals surface area contributed by atoms with Gasteiger partial charge in [0, 0.05) is 17.6 Å². The number of benzene rings is 1. The van der Waals surface area contributed by atoms with Crippen molar-refractivity contribution in [2.45, 2.75) is 46.7 Å². The summed E-state index contributed by atoms with van der Waals surface area (Å²) in [5, 5.41) is 3.38. The Bertz CT molecular complexity index is 437. The minimum atomic E-state index is 0.837. The van der Waals surface area contributed by atoms with Crippen LogP contribution in [-0.2, 0) is 13.1 Å². The fraction of sp³-hybridized carbons (Fsp3) is 0.667. The molecule has 0 atom stereocenters. The van der Waals surface area contributed by atoms with E-state index in [1.807, 2.05) is 0 Å². The molecular formula is C18H29BrN2. The van der Waals surface area contributed by atoms with Crippen molar-refractivity contribution in [2.24, 2.45) is 11.8 Å². The molecule has 0 radical (unpaired) electrons. The van der Waals surface area contributed by atoms with Crippen LogP contribution in [0.15, 0.2) is 22.7 Å². The molecule has 0 saturated carbocycles. The summed E-state index contributed by atoms with van der Waals surface area (Å²) in [4.78, 5) is 2.60. The molecule has 0 unspecified atom stereocenters. The zero-order valence-corrected chi connectivity index (χ0v) is 15.2. The molecule has 1 saturated heterocycles. The Morgan fingerprint density at radius 2 is 2.00 bits per heavy atom. The second-order valence-corrected chi connectivity index (χ2v) is 7.42. The van der Waals surface area contributed by atoms with E-state index in [1.165, 1.54) is 41.5 Å². The number of hydrogen-bond donors (Lipinski definition) is 1. The predicted molar refractivity (Wildman–Crippen MR) is 94.4 cm³/mol. The maximum Gasteiger partial charge on any atom is 0.0244 e. The summed E-state index contributed by atoms with van der Waals surface area (Å²) >= 11 is 3.75. The molecule has 1 aliphatic heterocycles. The lowest BCUT2D eigenvalue weighted by atomic mass is 9.86. The minimum Gasteiger partial charge on any atom is -0.313 e. The molecule has 1 aromatic rings. The standard InChI is InChI=1S/C18H29BrN2/c1-4-20-12-15-5-6-17(18(19)11-15)13-21-9-7-16(8-10-21)14(2)3/h5-6,11,14,16,20H,4,7-10,12-13H2,1-3H3. The average molecular weight is 353 g/mol. The number of hydrogen-bond acceptors (Lipinski definition) is 2. The lowest BCUT2D eigenvalue weighted by molar-refractivity contribution is 0.152. The molecule has 1 N–H and O–H groups in total. The largest absolute Gasteiger partial charge is 0.313 e. The van der Waals surface area contributed by atoms with E-state index in [1.54, 1.807) is 0 Å². The van der Waals surface area contributed by atoms with Crippen LogP contribution in [0.4, 0.5) is 0 Å². The Labute approximate surface area is 138 Å². The molecule has 0 bridgehead atoms. The Morgan fingerprint density at radius 3 is 2.57 bits per heavy atom. The molecule has 2 nitrogen and oxygen atoms in total. The fourth-order valence-electron chi connectivity index (χ4n) is 3.12. The number of halogens is 1. The molecule has 1 aromatic carbocycles. The van der Waals surface area contributed by atoms with Gasteiger partial charge in [-0.2, -0.15) is 0 Å². The molecule has 1 heterocycles. The summed E-state index contributed by atoms with van der Waals surface area (Å²) in [6.07, 6.45) is 2.71. The number of nitrogens with zero attached hydrogens (tertiary/aromatic N) is 1. The SMILES string of the molecule is CCNCc1ccc(CN2CCC(C(C)C)CC2)c(Br)c1. The molecule has 0 amide bonds. The summed E-state index contributed by atoms with van der Waals surface area (Å²) in [5.74, 6) is 1.76. The van der Waals surface area contributed by atoms with Gasteiger partial charge in [0.1, 0.15) is 0 Å². The second-order valence-electron chi connectivity index (χ2n) is 6.56. The lowest BCUT2D eigenvalue weighted by Gasteiger charge is -2.34. The first-order valence-corrected chi connectivity index (χ1v) is 9.09. The van der Waals surface area contributed by atoms with E-state index >= 15 is 0 Å². The normalized spacial score (nSPS) is 17.6. The lowest BCUT2D eigenvalue weighted by Crippen LogP contribution is -2.34. The van der Waals surface area contributed by atoms with Crippen LogP contribution >= 0.6 is 15.9 Å². The highest BCUT2D eigenvalue weighted by Crippen LogP contribution is 2.27. The third-order valence-electron chi connectivity index (χ3n) is 4.67. The molecule has 0 aliphatic carbocycles. The Morgan fingerprint density at radius 1 is 1.29 bits per heavy atom. The number of rotatable bonds is 6. The number of piperidine rings is 1. The van der Waals surface area contributed by atoms with Crippen LogP contribution in [0.25, 0.3) is 0 Å². The van der Waals surface area contributed by atoms with Gasteiger partial charge in [-0.1, -0.05) is 48.8 Å². The molecular weight excluding hydrogens is 324 g/mol. The van der Waals surface area contributed by atoms with Crippen LogP contribution in [0, 0.1) is 11.8 Å². The topological polar surface area (TPSA) is 15.3 Å². The molecule has 1 fully saturated rings. The average Bonchev–Trinajstić information content (AvgIpc) is 2.48. The molecule has 2 rings (SSSR count). The second kappa shape index (κ2) is 8.30. The van der Waals surface area contributed by atoms with Crippen LogP contribution in [0.5, 0.6) is 0 Å². The molecule has 0 aromatic heterocycles. The zero-order chi connectivity index (χ0) is 15.2. The van der Waals surface area contributed by atoms with Gasteiger partial charge in [0.2, 0.25) is 0 Å². The van der Waals surface area contributed by atoms with E-state index in [2.05, 4.69) is 65.1 Å². The van der Waals surface area contributed by atoms with E-state index in [0.29, 0.717) is 0 Å². The van der Waals surface area contributed by atoms with Crippen molar-refractivity contribution >= 4 is 15.9 Å². The Kier molecular flexibility index (Phi) is 6.72. The zero-order valence-electron chi connectivity index (χ0n) is 13.7. The molecule has 1 aliphatic rings. The van der Waals surface area contributed by atoms with Gasteiger partial charge >= 0.3 is 0 Å². The summed E-state index contributed by atoms with van der Waals surface area (Å²) < 4.78 is 1.25. The maximum absolute atomic E-state index is 3.75. The Balaban J connectivity index is 1.89. The smallest absolute Gasteiger partial charge is 0.0244 e. The molecule has 21 heavy (non-hydrogen) atoms. The van der Waals surface area contributed by atoms with E-state index < -0.39 is 0 Å². The van der Waals surface area contributed by atoms with Gasteiger partial charge in [-0.05, 0) is 61.5 Å². The molecule has 0 spiro atoms. The van der Waals surface area contributed by atoms with Gasteiger partial charge in [-0.3, -0.25) is 4.90 Å². The van der Waals surface area contributed by atoms with Crippen LogP contribution in [0.2, 0.25) is 0 Å². The van der Waals surface area contributed by atoms with Crippen molar-refractivity contribution in [3.8, 4) is 0 Å². The highest BCUT2D eigenvalue weighted by Gasteiger charge is 2.21. The predicted octanol–water partition coefficient (Wildman–Crippen LogP) is 4.43. The maximum atomic E-state index is 3.75. The van der Waals surface area contributed by atoms with Gasteiger partial charge in [0.05, 0.1) is 0 Å². The van der Waals surface area contributed by atoms with Crippen molar-refractivity contribution in [1.82, 2.24) is 10.2 Å². The van der Waals surface area contributed by atoms with Gasteiger partial charge in [0.25, 0.3) is 0 Å². The van der Waals surface area contributed by atoms with Crippen molar-refractivity contribution in [3.05, 3.63) is 33.8 Å². The van der Waals surface area contributed by atoms with Crippen LogP contribution in [-0.4, -0.2) is 24.5 Å². The van der Waals surface area contributed by atoms with Crippen LogP contribution < -0.4 is 5.32 Å². The molecule has 118 valence electrons.